The molecule has 1 saturated heterocycles. The van der Waals surface area contributed by atoms with Gasteiger partial charge in [-0.3, -0.25) is 14.6 Å². The smallest absolute Gasteiger partial charge is 0.257 e. The van der Waals surface area contributed by atoms with Gasteiger partial charge in [-0.05, 0) is 43.0 Å². The average molecular weight is 358 g/mol. The molecule has 3 rings (SSSR count). The summed E-state index contributed by atoms with van der Waals surface area (Å²) < 4.78 is 0. The number of pyridine rings is 1. The molecule has 1 aromatic carbocycles. The predicted molar refractivity (Wildman–Crippen MR) is 97.9 cm³/mol. The number of anilines is 1. The molecule has 6 heteroatoms. The van der Waals surface area contributed by atoms with Crippen molar-refractivity contribution in [2.75, 3.05) is 18.4 Å². The maximum atomic E-state index is 12.7. The largest absolute Gasteiger partial charge is 0.338 e. The van der Waals surface area contributed by atoms with Gasteiger partial charge in [-0.15, -0.1) is 0 Å². The molecule has 1 atom stereocenters. The number of carbonyl (C=O) groups is 2. The minimum Gasteiger partial charge on any atom is -0.338 e. The molecule has 0 bridgehead atoms. The van der Waals surface area contributed by atoms with Crippen molar-refractivity contribution in [1.82, 2.24) is 9.88 Å². The Hall–Kier alpha value is -2.40. The van der Waals surface area contributed by atoms with Crippen LogP contribution in [-0.2, 0) is 0 Å². The van der Waals surface area contributed by atoms with Crippen LogP contribution in [0.1, 0.15) is 40.5 Å². The SMILES string of the molecule is CC1CCCN(C(=O)c2cncc(C(=O)Nc3cccc(Cl)c3)c2)C1. The van der Waals surface area contributed by atoms with Crippen LogP contribution in [0.2, 0.25) is 5.02 Å². The lowest BCUT2D eigenvalue weighted by atomic mass is 9.99. The van der Waals surface area contributed by atoms with Gasteiger partial charge in [-0.25, -0.2) is 0 Å². The van der Waals surface area contributed by atoms with Crippen LogP contribution in [0.5, 0.6) is 0 Å². The summed E-state index contributed by atoms with van der Waals surface area (Å²) in [6.45, 7) is 3.65. The van der Waals surface area contributed by atoms with Crippen molar-refractivity contribution in [3.05, 3.63) is 58.9 Å². The van der Waals surface area contributed by atoms with E-state index in [2.05, 4.69) is 17.2 Å². The zero-order valence-electron chi connectivity index (χ0n) is 14.0. The zero-order chi connectivity index (χ0) is 17.8. The van der Waals surface area contributed by atoms with Gasteiger partial charge in [-0.2, -0.15) is 0 Å². The quantitative estimate of drug-likeness (QED) is 0.907. The normalized spacial score (nSPS) is 17.2. The van der Waals surface area contributed by atoms with Crippen molar-refractivity contribution >= 4 is 29.1 Å². The number of likely N-dealkylation sites (tertiary alicyclic amines) is 1. The number of aromatic nitrogens is 1. The van der Waals surface area contributed by atoms with Gasteiger partial charge in [0.1, 0.15) is 0 Å². The molecule has 0 radical (unpaired) electrons. The third kappa shape index (κ3) is 4.37. The highest BCUT2D eigenvalue weighted by molar-refractivity contribution is 6.31. The van der Waals surface area contributed by atoms with Gasteiger partial charge in [0, 0.05) is 36.2 Å². The molecule has 0 spiro atoms. The van der Waals surface area contributed by atoms with Gasteiger partial charge >= 0.3 is 0 Å². The molecular formula is C19H20ClN3O2. The minimum absolute atomic E-state index is 0.0727. The molecule has 25 heavy (non-hydrogen) atoms. The van der Waals surface area contributed by atoms with E-state index in [0.29, 0.717) is 27.8 Å². The summed E-state index contributed by atoms with van der Waals surface area (Å²) in [5.74, 6) is 0.104. The highest BCUT2D eigenvalue weighted by Gasteiger charge is 2.23. The maximum absolute atomic E-state index is 12.7. The van der Waals surface area contributed by atoms with E-state index in [1.54, 1.807) is 30.3 Å². The molecule has 1 aliphatic heterocycles. The fourth-order valence-electron chi connectivity index (χ4n) is 3.01. The molecule has 1 fully saturated rings. The number of amides is 2. The molecule has 1 unspecified atom stereocenters. The number of carbonyl (C=O) groups excluding carboxylic acids is 2. The molecule has 0 aliphatic carbocycles. The van der Waals surface area contributed by atoms with Crippen molar-refractivity contribution < 1.29 is 9.59 Å². The third-order valence-corrected chi connectivity index (χ3v) is 4.51. The summed E-state index contributed by atoms with van der Waals surface area (Å²) in [6.07, 6.45) is 5.12. The molecule has 1 aromatic heterocycles. The Bertz CT molecular complexity index is 794. The van der Waals surface area contributed by atoms with Gasteiger partial charge in [0.2, 0.25) is 0 Å². The van der Waals surface area contributed by atoms with Gasteiger partial charge in [0.05, 0.1) is 11.1 Å². The second-order valence-electron chi connectivity index (χ2n) is 6.43. The Morgan fingerprint density at radius 3 is 2.80 bits per heavy atom. The third-order valence-electron chi connectivity index (χ3n) is 4.27. The second kappa shape index (κ2) is 7.66. The molecule has 1 aliphatic rings. The van der Waals surface area contributed by atoms with Gasteiger partial charge < -0.3 is 10.2 Å². The number of nitrogens with one attached hydrogen (secondary N) is 1. The lowest BCUT2D eigenvalue weighted by Crippen LogP contribution is -2.39. The first-order valence-corrected chi connectivity index (χ1v) is 8.72. The Kier molecular flexibility index (Phi) is 5.34. The van der Waals surface area contributed by atoms with E-state index in [-0.39, 0.29) is 11.8 Å². The van der Waals surface area contributed by atoms with Crippen molar-refractivity contribution in [2.24, 2.45) is 5.92 Å². The van der Waals surface area contributed by atoms with Crippen molar-refractivity contribution in [1.29, 1.82) is 0 Å². The van der Waals surface area contributed by atoms with Crippen molar-refractivity contribution in [2.45, 2.75) is 19.8 Å². The number of hydrogen-bond donors (Lipinski definition) is 1. The lowest BCUT2D eigenvalue weighted by molar-refractivity contribution is 0.0682. The van der Waals surface area contributed by atoms with Crippen LogP contribution in [0.15, 0.2) is 42.7 Å². The summed E-state index contributed by atoms with van der Waals surface area (Å²) in [4.78, 5) is 31.0. The number of halogens is 1. The lowest BCUT2D eigenvalue weighted by Gasteiger charge is -2.30. The van der Waals surface area contributed by atoms with Crippen LogP contribution in [0, 0.1) is 5.92 Å². The number of benzene rings is 1. The number of hydrogen-bond acceptors (Lipinski definition) is 3. The molecule has 2 heterocycles. The molecule has 130 valence electrons. The Balaban J connectivity index is 1.74. The van der Waals surface area contributed by atoms with E-state index >= 15 is 0 Å². The van der Waals surface area contributed by atoms with Crippen LogP contribution < -0.4 is 5.32 Å². The summed E-state index contributed by atoms with van der Waals surface area (Å²) in [5.41, 5.74) is 1.38. The first-order valence-electron chi connectivity index (χ1n) is 8.34. The van der Waals surface area contributed by atoms with E-state index < -0.39 is 0 Å². The maximum Gasteiger partial charge on any atom is 0.257 e. The Morgan fingerprint density at radius 1 is 1.24 bits per heavy atom. The fourth-order valence-corrected chi connectivity index (χ4v) is 3.20. The van der Waals surface area contributed by atoms with Crippen LogP contribution in [0.3, 0.4) is 0 Å². The summed E-state index contributed by atoms with van der Waals surface area (Å²) in [5, 5.41) is 3.30. The van der Waals surface area contributed by atoms with E-state index in [1.165, 1.54) is 12.4 Å². The van der Waals surface area contributed by atoms with E-state index in [4.69, 9.17) is 11.6 Å². The summed E-state index contributed by atoms with van der Waals surface area (Å²) in [7, 11) is 0. The summed E-state index contributed by atoms with van der Waals surface area (Å²) in [6, 6.07) is 8.50. The Labute approximate surface area is 152 Å². The minimum atomic E-state index is -0.323. The predicted octanol–water partition coefficient (Wildman–Crippen LogP) is 3.86. The molecule has 2 amide bonds. The van der Waals surface area contributed by atoms with Crippen LogP contribution in [-0.4, -0.2) is 34.8 Å². The molecule has 5 nitrogen and oxygen atoms in total. The summed E-state index contributed by atoms with van der Waals surface area (Å²) >= 11 is 5.93. The first-order chi connectivity index (χ1) is 12.0. The first kappa shape index (κ1) is 17.4. The van der Waals surface area contributed by atoms with Crippen molar-refractivity contribution in [3.63, 3.8) is 0 Å². The van der Waals surface area contributed by atoms with Crippen molar-refractivity contribution in [3.8, 4) is 0 Å². The zero-order valence-corrected chi connectivity index (χ0v) is 14.8. The molecule has 2 aromatic rings. The van der Waals surface area contributed by atoms with Crippen LogP contribution in [0.4, 0.5) is 5.69 Å². The van der Waals surface area contributed by atoms with E-state index in [0.717, 1.165) is 25.9 Å². The number of piperidine rings is 1. The van der Waals surface area contributed by atoms with Crippen LogP contribution in [0.25, 0.3) is 0 Å². The standard InChI is InChI=1S/C19H20ClN3O2/c1-13-4-3-7-23(12-13)19(25)15-8-14(10-21-11-15)18(24)22-17-6-2-5-16(20)9-17/h2,5-6,8-11,13H,3-4,7,12H2,1H3,(H,22,24). The number of nitrogens with zero attached hydrogens (tertiary/aromatic N) is 2. The topological polar surface area (TPSA) is 62.3 Å². The van der Waals surface area contributed by atoms with E-state index in [9.17, 15) is 9.59 Å². The second-order valence-corrected chi connectivity index (χ2v) is 6.86. The van der Waals surface area contributed by atoms with Gasteiger partial charge in [0.15, 0.2) is 0 Å². The molecule has 1 N–H and O–H groups in total. The fraction of sp³-hybridized carbons (Fsp3) is 0.316. The van der Waals surface area contributed by atoms with E-state index in [1.807, 2.05) is 4.90 Å². The molecule has 0 saturated carbocycles. The number of rotatable bonds is 3. The highest BCUT2D eigenvalue weighted by Crippen LogP contribution is 2.19. The molecular weight excluding hydrogens is 338 g/mol. The van der Waals surface area contributed by atoms with Gasteiger partial charge in [0.25, 0.3) is 11.8 Å². The monoisotopic (exact) mass is 357 g/mol. The van der Waals surface area contributed by atoms with Gasteiger partial charge in [-0.1, -0.05) is 24.6 Å². The van der Waals surface area contributed by atoms with Crippen LogP contribution >= 0.6 is 11.6 Å². The Morgan fingerprint density at radius 2 is 2.04 bits per heavy atom. The average Bonchev–Trinajstić information content (AvgIpc) is 2.61. The highest BCUT2D eigenvalue weighted by atomic mass is 35.5.